The Bertz CT molecular complexity index is 634. The van der Waals surface area contributed by atoms with Crippen LogP contribution in [0.4, 0.5) is 5.69 Å². The van der Waals surface area contributed by atoms with E-state index in [-0.39, 0.29) is 11.3 Å². The quantitative estimate of drug-likeness (QED) is 0.835. The second-order valence-corrected chi connectivity index (χ2v) is 4.73. The maximum atomic E-state index is 11.0. The molecule has 0 saturated carbocycles. The van der Waals surface area contributed by atoms with Crippen LogP contribution in [-0.2, 0) is 0 Å². The third-order valence-corrected chi connectivity index (χ3v) is 3.89. The summed E-state index contributed by atoms with van der Waals surface area (Å²) in [6.45, 7) is 3.75. The molecular weight excluding hydrogens is 298 g/mol. The normalized spacial score (nSPS) is 10.6. The Morgan fingerprint density at radius 1 is 1.44 bits per heavy atom. The van der Waals surface area contributed by atoms with E-state index in [0.717, 1.165) is 15.9 Å². The van der Waals surface area contributed by atoms with Crippen molar-refractivity contribution < 1.29 is 9.90 Å². The smallest absolute Gasteiger partial charge is 0.337 e. The molecule has 0 atom stereocenters. The van der Waals surface area contributed by atoms with Gasteiger partial charge in [-0.05, 0) is 41.9 Å². The first kappa shape index (κ1) is 12.6. The highest BCUT2D eigenvalue weighted by Gasteiger charge is 2.16. The molecule has 0 fully saturated rings. The molecule has 2 aromatic rings. The summed E-state index contributed by atoms with van der Waals surface area (Å²) in [5.74, 6) is -1.05. The lowest BCUT2D eigenvalue weighted by molar-refractivity contribution is 0.0698. The number of hydrogen-bond acceptors (Lipinski definition) is 3. The average Bonchev–Trinajstić information content (AvgIpc) is 2.57. The number of anilines is 1. The Morgan fingerprint density at radius 2 is 2.11 bits per heavy atom. The summed E-state index contributed by atoms with van der Waals surface area (Å²) in [5, 5.41) is 13.4. The van der Waals surface area contributed by atoms with Gasteiger partial charge < -0.3 is 10.8 Å². The average molecular weight is 310 g/mol. The summed E-state index contributed by atoms with van der Waals surface area (Å²) in [6, 6.07) is 4.87. The van der Waals surface area contributed by atoms with E-state index in [1.54, 1.807) is 16.8 Å². The molecule has 0 unspecified atom stereocenters. The van der Waals surface area contributed by atoms with E-state index in [4.69, 9.17) is 10.8 Å². The van der Waals surface area contributed by atoms with Gasteiger partial charge in [0, 0.05) is 0 Å². The van der Waals surface area contributed by atoms with Gasteiger partial charge in [0.1, 0.15) is 0 Å². The lowest BCUT2D eigenvalue weighted by Crippen LogP contribution is -2.09. The molecule has 0 radical (unpaired) electrons. The monoisotopic (exact) mass is 309 g/mol. The zero-order chi connectivity index (χ0) is 13.4. The Morgan fingerprint density at radius 3 is 2.61 bits per heavy atom. The molecule has 1 heterocycles. The van der Waals surface area contributed by atoms with Crippen molar-refractivity contribution >= 4 is 27.6 Å². The van der Waals surface area contributed by atoms with E-state index in [0.29, 0.717) is 5.69 Å². The van der Waals surface area contributed by atoms with Crippen molar-refractivity contribution in [3.8, 4) is 5.69 Å². The van der Waals surface area contributed by atoms with Gasteiger partial charge in [-0.25, -0.2) is 9.48 Å². The number of hydrogen-bond donors (Lipinski definition) is 2. The first-order valence-electron chi connectivity index (χ1n) is 5.27. The molecule has 18 heavy (non-hydrogen) atoms. The highest BCUT2D eigenvalue weighted by molar-refractivity contribution is 9.10. The molecule has 6 heteroatoms. The highest BCUT2D eigenvalue weighted by atomic mass is 79.9. The Kier molecular flexibility index (Phi) is 3.13. The summed E-state index contributed by atoms with van der Waals surface area (Å²) >= 11 is 3.43. The number of aromatic carboxylic acids is 1. The minimum Gasteiger partial charge on any atom is -0.478 e. The standard InChI is InChI=1S/C12H12BrN3O2/c1-6-10(13)7(2)16(15-6)9-5-3-4-8(11(9)14)12(17)18/h3-5H,14H2,1-2H3,(H,17,18). The lowest BCUT2D eigenvalue weighted by Gasteiger charge is -2.10. The lowest BCUT2D eigenvalue weighted by atomic mass is 10.1. The number of nitrogens with zero attached hydrogens (tertiary/aromatic N) is 2. The number of carbonyl (C=O) groups is 1. The van der Waals surface area contributed by atoms with Crippen LogP contribution >= 0.6 is 15.9 Å². The molecule has 0 amide bonds. The van der Waals surface area contributed by atoms with E-state index in [2.05, 4.69) is 21.0 Å². The topological polar surface area (TPSA) is 81.1 Å². The van der Waals surface area contributed by atoms with Gasteiger partial charge in [-0.3, -0.25) is 0 Å². The molecule has 0 bridgehead atoms. The van der Waals surface area contributed by atoms with Crippen LogP contribution in [0.15, 0.2) is 22.7 Å². The number of carboxylic acids is 1. The summed E-state index contributed by atoms with van der Waals surface area (Å²) in [6.07, 6.45) is 0. The Labute approximate surface area is 112 Å². The zero-order valence-electron chi connectivity index (χ0n) is 9.94. The van der Waals surface area contributed by atoms with Gasteiger partial charge in [0.15, 0.2) is 0 Å². The second-order valence-electron chi connectivity index (χ2n) is 3.94. The van der Waals surface area contributed by atoms with E-state index < -0.39 is 5.97 Å². The van der Waals surface area contributed by atoms with Crippen molar-refractivity contribution in [3.63, 3.8) is 0 Å². The highest BCUT2D eigenvalue weighted by Crippen LogP contribution is 2.27. The number of nitrogens with two attached hydrogens (primary N) is 1. The second kappa shape index (κ2) is 4.45. The van der Waals surface area contributed by atoms with E-state index in [9.17, 15) is 4.79 Å². The third kappa shape index (κ3) is 1.88. The number of benzene rings is 1. The van der Waals surface area contributed by atoms with Crippen molar-refractivity contribution in [3.05, 3.63) is 39.6 Å². The first-order chi connectivity index (χ1) is 8.43. The van der Waals surface area contributed by atoms with Crippen LogP contribution < -0.4 is 5.73 Å². The predicted octanol–water partition coefficient (Wildman–Crippen LogP) is 2.53. The first-order valence-corrected chi connectivity index (χ1v) is 6.06. The van der Waals surface area contributed by atoms with Gasteiger partial charge in [0.25, 0.3) is 0 Å². The number of halogens is 1. The van der Waals surface area contributed by atoms with Crippen molar-refractivity contribution in [2.45, 2.75) is 13.8 Å². The van der Waals surface area contributed by atoms with Crippen LogP contribution in [0.5, 0.6) is 0 Å². The number of aromatic nitrogens is 2. The molecule has 3 N–H and O–H groups in total. The molecule has 5 nitrogen and oxygen atoms in total. The minimum atomic E-state index is -1.05. The van der Waals surface area contributed by atoms with Crippen LogP contribution in [-0.4, -0.2) is 20.9 Å². The molecule has 94 valence electrons. The largest absolute Gasteiger partial charge is 0.478 e. The molecule has 2 rings (SSSR count). The van der Waals surface area contributed by atoms with E-state index >= 15 is 0 Å². The summed E-state index contributed by atoms with van der Waals surface area (Å²) in [7, 11) is 0. The predicted molar refractivity (Wildman–Crippen MR) is 72.1 cm³/mol. The number of rotatable bonds is 2. The minimum absolute atomic E-state index is 0.0798. The SMILES string of the molecule is Cc1nn(-c2cccc(C(=O)O)c2N)c(C)c1Br. The van der Waals surface area contributed by atoms with Gasteiger partial charge in [-0.2, -0.15) is 5.10 Å². The van der Waals surface area contributed by atoms with Gasteiger partial charge >= 0.3 is 5.97 Å². The maximum absolute atomic E-state index is 11.0. The van der Waals surface area contributed by atoms with Gasteiger partial charge in [0.2, 0.25) is 0 Å². The zero-order valence-corrected chi connectivity index (χ0v) is 11.5. The van der Waals surface area contributed by atoms with Crippen molar-refractivity contribution in [1.29, 1.82) is 0 Å². The van der Waals surface area contributed by atoms with E-state index in [1.165, 1.54) is 6.07 Å². The van der Waals surface area contributed by atoms with Crippen LogP contribution in [0.25, 0.3) is 5.69 Å². The summed E-state index contributed by atoms with van der Waals surface area (Å²) < 4.78 is 2.53. The molecule has 0 spiro atoms. The van der Waals surface area contributed by atoms with Crippen LogP contribution in [0.3, 0.4) is 0 Å². The Hall–Kier alpha value is -1.82. The molecule has 0 saturated heterocycles. The van der Waals surface area contributed by atoms with Gasteiger partial charge in [0.05, 0.1) is 32.8 Å². The van der Waals surface area contributed by atoms with Crippen molar-refractivity contribution in [1.82, 2.24) is 9.78 Å². The maximum Gasteiger partial charge on any atom is 0.337 e. The number of para-hydroxylation sites is 1. The number of aryl methyl sites for hydroxylation is 1. The fourth-order valence-corrected chi connectivity index (χ4v) is 2.03. The van der Waals surface area contributed by atoms with Gasteiger partial charge in [-0.15, -0.1) is 0 Å². The van der Waals surface area contributed by atoms with E-state index in [1.807, 2.05) is 13.8 Å². The Balaban J connectivity index is 2.68. The molecular formula is C12H12BrN3O2. The van der Waals surface area contributed by atoms with Crippen LogP contribution in [0, 0.1) is 13.8 Å². The molecule has 0 aliphatic carbocycles. The summed E-state index contributed by atoms with van der Waals surface area (Å²) in [4.78, 5) is 11.0. The van der Waals surface area contributed by atoms with Crippen molar-refractivity contribution in [2.75, 3.05) is 5.73 Å². The van der Waals surface area contributed by atoms with Gasteiger partial charge in [-0.1, -0.05) is 6.07 Å². The fraction of sp³-hybridized carbons (Fsp3) is 0.167. The molecule has 1 aromatic heterocycles. The molecule has 0 aliphatic heterocycles. The van der Waals surface area contributed by atoms with Crippen LogP contribution in [0.2, 0.25) is 0 Å². The summed E-state index contributed by atoms with van der Waals surface area (Å²) in [5.41, 5.74) is 8.45. The third-order valence-electron chi connectivity index (χ3n) is 2.74. The molecule has 0 aliphatic rings. The fourth-order valence-electron chi connectivity index (χ4n) is 1.78. The molecule has 1 aromatic carbocycles. The number of carboxylic acid groups (broad SMARTS) is 1. The van der Waals surface area contributed by atoms with Crippen molar-refractivity contribution in [2.24, 2.45) is 0 Å². The van der Waals surface area contributed by atoms with Crippen LogP contribution in [0.1, 0.15) is 21.7 Å². The number of nitrogen functional groups attached to an aromatic ring is 1.